The van der Waals surface area contributed by atoms with Crippen LogP contribution in [-0.4, -0.2) is 37.7 Å². The van der Waals surface area contributed by atoms with E-state index >= 15 is 0 Å². The van der Waals surface area contributed by atoms with Crippen LogP contribution < -0.4 is 15.2 Å². The molecule has 0 radical (unpaired) electrons. The average Bonchev–Trinajstić information content (AvgIpc) is 2.79. The van der Waals surface area contributed by atoms with Gasteiger partial charge in [-0.2, -0.15) is 0 Å². The number of fused-ring (bicyclic) bond motifs is 1. The fraction of sp³-hybridized carbons (Fsp3) is 0.625. The van der Waals surface area contributed by atoms with E-state index in [9.17, 15) is 0 Å². The number of likely N-dealkylation sites (tertiary alicyclic amines) is 1. The van der Waals surface area contributed by atoms with Crippen molar-refractivity contribution in [2.24, 2.45) is 17.6 Å². The van der Waals surface area contributed by atoms with Gasteiger partial charge in [-0.05, 0) is 29.5 Å². The minimum absolute atomic E-state index is 0.276. The molecule has 0 spiro atoms. The van der Waals surface area contributed by atoms with E-state index in [-0.39, 0.29) is 6.04 Å². The normalized spacial score (nSPS) is 27.6. The highest BCUT2D eigenvalue weighted by Gasteiger charge is 2.31. The third-order valence-electron chi connectivity index (χ3n) is 4.63. The third kappa shape index (κ3) is 2.50. The van der Waals surface area contributed by atoms with Crippen LogP contribution in [-0.2, 0) is 0 Å². The Balaban J connectivity index is 1.82. The summed E-state index contributed by atoms with van der Waals surface area (Å²) in [6, 6.07) is 6.51. The molecule has 4 heteroatoms. The Morgan fingerprint density at radius 3 is 2.45 bits per heavy atom. The molecule has 1 saturated heterocycles. The summed E-state index contributed by atoms with van der Waals surface area (Å²) in [5.41, 5.74) is 7.27. The van der Waals surface area contributed by atoms with Crippen LogP contribution >= 0.6 is 0 Å². The van der Waals surface area contributed by atoms with Crippen molar-refractivity contribution in [2.75, 3.05) is 32.8 Å². The second-order valence-electron chi connectivity index (χ2n) is 6.06. The zero-order valence-corrected chi connectivity index (χ0v) is 12.3. The van der Waals surface area contributed by atoms with Crippen molar-refractivity contribution >= 4 is 0 Å². The predicted molar refractivity (Wildman–Crippen MR) is 79.1 cm³/mol. The molecular formula is C16H24N2O2. The maximum atomic E-state index is 6.04. The van der Waals surface area contributed by atoms with E-state index in [4.69, 9.17) is 15.2 Å². The molecule has 2 heterocycles. The Kier molecular flexibility index (Phi) is 3.85. The molecule has 2 aliphatic heterocycles. The van der Waals surface area contributed by atoms with Crippen LogP contribution in [0.4, 0.5) is 0 Å². The van der Waals surface area contributed by atoms with Gasteiger partial charge in [0.15, 0.2) is 11.5 Å². The van der Waals surface area contributed by atoms with Crippen molar-refractivity contribution in [3.8, 4) is 11.5 Å². The Hall–Kier alpha value is -1.26. The first-order valence-corrected chi connectivity index (χ1v) is 7.52. The molecule has 20 heavy (non-hydrogen) atoms. The van der Waals surface area contributed by atoms with E-state index in [0.717, 1.165) is 36.4 Å². The summed E-state index contributed by atoms with van der Waals surface area (Å²) in [6.07, 6.45) is 0. The molecule has 2 aliphatic rings. The molecule has 110 valence electrons. The summed E-state index contributed by atoms with van der Waals surface area (Å²) < 4.78 is 11.3. The number of ether oxygens (including phenoxy) is 2. The van der Waals surface area contributed by atoms with Gasteiger partial charge >= 0.3 is 0 Å². The molecular weight excluding hydrogens is 252 g/mol. The fourth-order valence-electron chi connectivity index (χ4n) is 3.19. The van der Waals surface area contributed by atoms with Crippen molar-refractivity contribution in [1.29, 1.82) is 0 Å². The summed E-state index contributed by atoms with van der Waals surface area (Å²) in [6.45, 7) is 8.79. The molecule has 1 aromatic carbocycles. The maximum absolute atomic E-state index is 6.04. The van der Waals surface area contributed by atoms with Gasteiger partial charge in [0, 0.05) is 25.7 Å². The van der Waals surface area contributed by atoms with E-state index in [2.05, 4.69) is 30.9 Å². The van der Waals surface area contributed by atoms with Gasteiger partial charge in [0.25, 0.3) is 0 Å². The highest BCUT2D eigenvalue weighted by molar-refractivity contribution is 5.44. The lowest BCUT2D eigenvalue weighted by Crippen LogP contribution is -2.32. The van der Waals surface area contributed by atoms with Crippen molar-refractivity contribution in [2.45, 2.75) is 19.9 Å². The molecule has 0 bridgehead atoms. The number of nitrogens with two attached hydrogens (primary N) is 1. The molecule has 2 N–H and O–H groups in total. The van der Waals surface area contributed by atoms with Gasteiger partial charge in [0.1, 0.15) is 13.2 Å². The first-order chi connectivity index (χ1) is 9.69. The molecule has 3 atom stereocenters. The number of hydrogen-bond donors (Lipinski definition) is 1. The summed E-state index contributed by atoms with van der Waals surface area (Å²) in [7, 11) is 0. The van der Waals surface area contributed by atoms with Gasteiger partial charge in [-0.3, -0.25) is 4.90 Å². The van der Waals surface area contributed by atoms with Crippen LogP contribution in [0.1, 0.15) is 25.5 Å². The van der Waals surface area contributed by atoms with E-state index in [1.165, 1.54) is 5.56 Å². The van der Waals surface area contributed by atoms with Crippen LogP contribution in [0, 0.1) is 11.8 Å². The van der Waals surface area contributed by atoms with Gasteiger partial charge in [0.05, 0.1) is 0 Å². The Morgan fingerprint density at radius 2 is 1.80 bits per heavy atom. The SMILES string of the molecule is CC1CN(C(CN)c2ccc3c(c2)OCCO3)CC1C. The maximum Gasteiger partial charge on any atom is 0.161 e. The van der Waals surface area contributed by atoms with Crippen LogP contribution in [0.5, 0.6) is 11.5 Å². The molecule has 0 aliphatic carbocycles. The van der Waals surface area contributed by atoms with Crippen molar-refractivity contribution < 1.29 is 9.47 Å². The topological polar surface area (TPSA) is 47.7 Å². The van der Waals surface area contributed by atoms with Crippen LogP contribution in [0.15, 0.2) is 18.2 Å². The number of nitrogens with zero attached hydrogens (tertiary/aromatic N) is 1. The molecule has 1 fully saturated rings. The standard InChI is InChI=1S/C16H24N2O2/c1-11-9-18(10-12(11)2)14(8-17)13-3-4-15-16(7-13)20-6-5-19-15/h3-4,7,11-12,14H,5-6,8-10,17H2,1-2H3. The Bertz CT molecular complexity index is 468. The number of rotatable bonds is 3. The molecule has 0 aromatic heterocycles. The van der Waals surface area contributed by atoms with Crippen molar-refractivity contribution in [3.05, 3.63) is 23.8 Å². The van der Waals surface area contributed by atoms with Crippen LogP contribution in [0.25, 0.3) is 0 Å². The van der Waals surface area contributed by atoms with Crippen LogP contribution in [0.2, 0.25) is 0 Å². The predicted octanol–water partition coefficient (Wildman–Crippen LogP) is 2.05. The molecule has 0 saturated carbocycles. The van der Waals surface area contributed by atoms with Gasteiger partial charge < -0.3 is 15.2 Å². The first-order valence-electron chi connectivity index (χ1n) is 7.52. The van der Waals surface area contributed by atoms with Crippen LogP contribution in [0.3, 0.4) is 0 Å². The fourth-order valence-corrected chi connectivity index (χ4v) is 3.19. The highest BCUT2D eigenvalue weighted by atomic mass is 16.6. The minimum Gasteiger partial charge on any atom is -0.486 e. The number of hydrogen-bond acceptors (Lipinski definition) is 4. The van der Waals surface area contributed by atoms with E-state index in [1.54, 1.807) is 0 Å². The quantitative estimate of drug-likeness (QED) is 0.918. The van der Waals surface area contributed by atoms with Gasteiger partial charge in [0.2, 0.25) is 0 Å². The summed E-state index contributed by atoms with van der Waals surface area (Å²) in [5, 5.41) is 0. The van der Waals surface area contributed by atoms with E-state index in [1.807, 2.05) is 6.07 Å². The smallest absolute Gasteiger partial charge is 0.161 e. The zero-order chi connectivity index (χ0) is 14.1. The average molecular weight is 276 g/mol. The monoisotopic (exact) mass is 276 g/mol. The van der Waals surface area contributed by atoms with Gasteiger partial charge in [-0.25, -0.2) is 0 Å². The summed E-state index contributed by atoms with van der Waals surface area (Å²) in [5.74, 6) is 3.17. The highest BCUT2D eigenvalue weighted by Crippen LogP contribution is 2.36. The van der Waals surface area contributed by atoms with Crippen molar-refractivity contribution in [3.63, 3.8) is 0 Å². The van der Waals surface area contributed by atoms with Gasteiger partial charge in [-0.1, -0.05) is 19.9 Å². The number of benzene rings is 1. The largest absolute Gasteiger partial charge is 0.486 e. The van der Waals surface area contributed by atoms with Crippen molar-refractivity contribution in [1.82, 2.24) is 4.90 Å². The van der Waals surface area contributed by atoms with Gasteiger partial charge in [-0.15, -0.1) is 0 Å². The molecule has 3 rings (SSSR count). The molecule has 4 nitrogen and oxygen atoms in total. The second-order valence-corrected chi connectivity index (χ2v) is 6.06. The minimum atomic E-state index is 0.276. The summed E-state index contributed by atoms with van der Waals surface area (Å²) in [4.78, 5) is 2.50. The first kappa shape index (κ1) is 13.7. The zero-order valence-electron chi connectivity index (χ0n) is 12.3. The molecule has 3 unspecified atom stereocenters. The Morgan fingerprint density at radius 1 is 1.15 bits per heavy atom. The van der Waals surface area contributed by atoms with E-state index in [0.29, 0.717) is 19.8 Å². The second kappa shape index (κ2) is 5.62. The lowest BCUT2D eigenvalue weighted by Gasteiger charge is -2.28. The molecule has 0 amide bonds. The summed E-state index contributed by atoms with van der Waals surface area (Å²) >= 11 is 0. The van der Waals surface area contributed by atoms with E-state index < -0.39 is 0 Å². The Labute approximate surface area is 120 Å². The lowest BCUT2D eigenvalue weighted by atomic mass is 10.0. The molecule has 1 aromatic rings. The lowest BCUT2D eigenvalue weighted by molar-refractivity contribution is 0.170. The third-order valence-corrected chi connectivity index (χ3v) is 4.63.